The van der Waals surface area contributed by atoms with E-state index in [2.05, 4.69) is 5.32 Å². The summed E-state index contributed by atoms with van der Waals surface area (Å²) >= 11 is 1.46. The maximum absolute atomic E-state index is 12.3. The normalized spacial score (nSPS) is 18.4. The molecule has 3 rings (SSSR count). The predicted molar refractivity (Wildman–Crippen MR) is 96.7 cm³/mol. The largest absolute Gasteiger partial charge is 0.462 e. The van der Waals surface area contributed by atoms with Crippen LogP contribution in [0.5, 0.6) is 0 Å². The molecule has 132 valence electrons. The van der Waals surface area contributed by atoms with E-state index in [0.717, 1.165) is 24.8 Å². The van der Waals surface area contributed by atoms with Gasteiger partial charge in [0.1, 0.15) is 5.00 Å². The van der Waals surface area contributed by atoms with Crippen LogP contribution in [-0.2, 0) is 9.53 Å². The lowest BCUT2D eigenvalue weighted by Gasteiger charge is -2.20. The highest BCUT2D eigenvalue weighted by molar-refractivity contribution is 7.15. The van der Waals surface area contributed by atoms with Gasteiger partial charge in [-0.3, -0.25) is 4.79 Å². The van der Waals surface area contributed by atoms with Crippen LogP contribution in [0.25, 0.3) is 0 Å². The lowest BCUT2D eigenvalue weighted by atomic mass is 9.86. The summed E-state index contributed by atoms with van der Waals surface area (Å²) in [5, 5.41) is 5.66. The number of carbonyl (C=O) groups excluding carboxylic acids is 2. The van der Waals surface area contributed by atoms with E-state index in [9.17, 15) is 9.59 Å². The molecule has 1 aromatic rings. The van der Waals surface area contributed by atoms with Crippen molar-refractivity contribution in [1.29, 1.82) is 0 Å². The van der Waals surface area contributed by atoms with Gasteiger partial charge in [0.15, 0.2) is 0 Å². The monoisotopic (exact) mass is 349 g/mol. The van der Waals surface area contributed by atoms with Gasteiger partial charge < -0.3 is 10.1 Å². The molecule has 0 spiro atoms. The summed E-state index contributed by atoms with van der Waals surface area (Å²) in [6.07, 6.45) is 10.2. The van der Waals surface area contributed by atoms with Gasteiger partial charge >= 0.3 is 5.97 Å². The van der Waals surface area contributed by atoms with E-state index in [1.54, 1.807) is 0 Å². The molecule has 0 aromatic carbocycles. The predicted octanol–water partition coefficient (Wildman–Crippen LogP) is 5.10. The Bertz CT molecular complexity index is 585. The maximum Gasteiger partial charge on any atom is 0.341 e. The highest BCUT2D eigenvalue weighted by Gasteiger charge is 2.32. The van der Waals surface area contributed by atoms with Crippen LogP contribution in [0, 0.1) is 5.92 Å². The number of hydrogen-bond acceptors (Lipinski definition) is 4. The van der Waals surface area contributed by atoms with Crippen LogP contribution in [0.3, 0.4) is 0 Å². The third-order valence-electron chi connectivity index (χ3n) is 5.07. The zero-order chi connectivity index (χ0) is 16.9. The van der Waals surface area contributed by atoms with E-state index >= 15 is 0 Å². The summed E-state index contributed by atoms with van der Waals surface area (Å²) in [4.78, 5) is 24.6. The number of anilines is 1. The van der Waals surface area contributed by atoms with Crippen molar-refractivity contribution >= 4 is 28.2 Å². The Kier molecular flexibility index (Phi) is 5.93. The van der Waals surface area contributed by atoms with Crippen LogP contribution < -0.4 is 5.32 Å². The molecule has 5 heteroatoms. The quantitative estimate of drug-likeness (QED) is 0.697. The lowest BCUT2D eigenvalue weighted by molar-refractivity contribution is -0.116. The van der Waals surface area contributed by atoms with Crippen molar-refractivity contribution in [3.05, 3.63) is 16.5 Å². The van der Waals surface area contributed by atoms with Crippen LogP contribution in [0.1, 0.15) is 86.6 Å². The minimum Gasteiger partial charge on any atom is -0.462 e. The third-order valence-corrected chi connectivity index (χ3v) is 5.99. The SMILES string of the molecule is CCOC(=O)c1c(C2CC2)csc1NC(=O)CCC1CCCCC1. The zero-order valence-corrected chi connectivity index (χ0v) is 15.3. The van der Waals surface area contributed by atoms with Gasteiger partial charge in [0.2, 0.25) is 5.91 Å². The van der Waals surface area contributed by atoms with E-state index in [4.69, 9.17) is 4.74 Å². The molecular formula is C19H27NO3S. The average Bonchev–Trinajstić information content (AvgIpc) is 3.35. The van der Waals surface area contributed by atoms with Crippen molar-refractivity contribution in [2.75, 3.05) is 11.9 Å². The lowest BCUT2D eigenvalue weighted by Crippen LogP contribution is -2.16. The van der Waals surface area contributed by atoms with Crippen LogP contribution in [0.2, 0.25) is 0 Å². The average molecular weight is 349 g/mol. The highest BCUT2D eigenvalue weighted by Crippen LogP contribution is 2.46. The fourth-order valence-corrected chi connectivity index (χ4v) is 4.62. The molecule has 1 N–H and O–H groups in total. The summed E-state index contributed by atoms with van der Waals surface area (Å²) in [5.74, 6) is 0.881. The molecule has 1 amide bonds. The Hall–Kier alpha value is -1.36. The van der Waals surface area contributed by atoms with Gasteiger partial charge in [0, 0.05) is 6.42 Å². The number of rotatable bonds is 7. The second-order valence-corrected chi connectivity index (χ2v) is 7.86. The highest BCUT2D eigenvalue weighted by atomic mass is 32.1. The van der Waals surface area contributed by atoms with Crippen molar-refractivity contribution in [2.45, 2.75) is 70.6 Å². The first-order chi connectivity index (χ1) is 11.7. The number of ether oxygens (including phenoxy) is 1. The van der Waals surface area contributed by atoms with Crippen molar-refractivity contribution in [2.24, 2.45) is 5.92 Å². The van der Waals surface area contributed by atoms with Crippen LogP contribution in [0.4, 0.5) is 5.00 Å². The fourth-order valence-electron chi connectivity index (χ4n) is 3.57. The van der Waals surface area contributed by atoms with Gasteiger partial charge in [-0.2, -0.15) is 0 Å². The number of esters is 1. The Labute approximate surface area is 148 Å². The van der Waals surface area contributed by atoms with Crippen LogP contribution in [-0.4, -0.2) is 18.5 Å². The zero-order valence-electron chi connectivity index (χ0n) is 14.4. The van der Waals surface area contributed by atoms with Gasteiger partial charge in [0.25, 0.3) is 0 Å². The second kappa shape index (κ2) is 8.15. The fraction of sp³-hybridized carbons (Fsp3) is 0.684. The molecule has 0 unspecified atom stereocenters. The van der Waals surface area contributed by atoms with Gasteiger partial charge in [-0.1, -0.05) is 32.1 Å². The smallest absolute Gasteiger partial charge is 0.341 e. The molecule has 1 aromatic heterocycles. The van der Waals surface area contributed by atoms with Gasteiger partial charge in [-0.05, 0) is 49.0 Å². The summed E-state index contributed by atoms with van der Waals surface area (Å²) in [7, 11) is 0. The number of nitrogens with one attached hydrogen (secondary N) is 1. The molecule has 1 heterocycles. The minimum absolute atomic E-state index is 0.0234. The molecule has 0 atom stereocenters. The summed E-state index contributed by atoms with van der Waals surface area (Å²) in [6.45, 7) is 2.16. The molecular weight excluding hydrogens is 322 g/mol. The summed E-state index contributed by atoms with van der Waals surface area (Å²) < 4.78 is 5.20. The van der Waals surface area contributed by atoms with Gasteiger partial charge in [-0.15, -0.1) is 11.3 Å². The van der Waals surface area contributed by atoms with Gasteiger partial charge in [-0.25, -0.2) is 4.79 Å². The Morgan fingerprint density at radius 3 is 2.62 bits per heavy atom. The summed E-state index contributed by atoms with van der Waals surface area (Å²) in [6, 6.07) is 0. The minimum atomic E-state index is -0.303. The second-order valence-electron chi connectivity index (χ2n) is 6.98. The Balaban J connectivity index is 1.61. The molecule has 0 radical (unpaired) electrons. The molecule has 2 aliphatic carbocycles. The number of hydrogen-bond donors (Lipinski definition) is 1. The van der Waals surface area contributed by atoms with Crippen molar-refractivity contribution < 1.29 is 14.3 Å². The van der Waals surface area contributed by atoms with E-state index in [0.29, 0.717) is 35.4 Å². The van der Waals surface area contributed by atoms with Crippen LogP contribution in [0.15, 0.2) is 5.38 Å². The van der Waals surface area contributed by atoms with E-state index in [1.165, 1.54) is 43.4 Å². The number of amides is 1. The van der Waals surface area contributed by atoms with E-state index in [1.807, 2.05) is 12.3 Å². The maximum atomic E-state index is 12.3. The molecule has 2 fully saturated rings. The first-order valence-corrected chi connectivity index (χ1v) is 10.1. The molecule has 2 saturated carbocycles. The molecule has 0 aliphatic heterocycles. The van der Waals surface area contributed by atoms with Crippen molar-refractivity contribution in [3.63, 3.8) is 0 Å². The van der Waals surface area contributed by atoms with E-state index in [-0.39, 0.29) is 11.9 Å². The summed E-state index contributed by atoms with van der Waals surface area (Å²) in [5.41, 5.74) is 1.65. The van der Waals surface area contributed by atoms with Crippen molar-refractivity contribution in [3.8, 4) is 0 Å². The Morgan fingerprint density at radius 1 is 1.21 bits per heavy atom. The first kappa shape index (κ1) is 17.5. The molecule has 0 saturated heterocycles. The molecule has 4 nitrogen and oxygen atoms in total. The molecule has 2 aliphatic rings. The van der Waals surface area contributed by atoms with Crippen molar-refractivity contribution in [1.82, 2.24) is 0 Å². The standard InChI is InChI=1S/C19H27NO3S/c1-2-23-19(22)17-15(14-9-10-14)12-24-18(17)20-16(21)11-8-13-6-4-3-5-7-13/h12-14H,2-11H2,1H3,(H,20,21). The number of carbonyl (C=O) groups is 2. The third kappa shape index (κ3) is 4.38. The van der Waals surface area contributed by atoms with E-state index < -0.39 is 0 Å². The molecule has 0 bridgehead atoms. The number of thiophene rings is 1. The van der Waals surface area contributed by atoms with Crippen LogP contribution >= 0.6 is 11.3 Å². The molecule has 24 heavy (non-hydrogen) atoms. The van der Waals surface area contributed by atoms with Gasteiger partial charge in [0.05, 0.1) is 12.2 Å². The Morgan fingerprint density at radius 2 is 1.96 bits per heavy atom. The topological polar surface area (TPSA) is 55.4 Å². The first-order valence-electron chi connectivity index (χ1n) is 9.27.